The molecule has 3 aliphatic rings. The Morgan fingerprint density at radius 1 is 0.940 bits per heavy atom. The number of aliphatic hydroxyl groups excluding tert-OH is 1. The first-order valence-corrected chi connectivity index (χ1v) is 19.8. The van der Waals surface area contributed by atoms with Crippen LogP contribution in [0.25, 0.3) is 0 Å². The van der Waals surface area contributed by atoms with Crippen molar-refractivity contribution in [2.45, 2.75) is 127 Å². The van der Waals surface area contributed by atoms with Gasteiger partial charge in [-0.05, 0) is 122 Å². The fourth-order valence-electron chi connectivity index (χ4n) is 9.15. The van der Waals surface area contributed by atoms with Crippen LogP contribution in [0.15, 0.2) is 42.5 Å². The van der Waals surface area contributed by atoms with E-state index in [9.17, 15) is 41.5 Å². The Kier molecular flexibility index (Phi) is 12.8. The maximum absolute atomic E-state index is 13.0. The number of phenols is 1. The number of halogens is 5. The van der Waals surface area contributed by atoms with Crippen molar-refractivity contribution in [3.8, 4) is 11.5 Å². The molecule has 11 heteroatoms. The van der Waals surface area contributed by atoms with Crippen LogP contribution in [-0.4, -0.2) is 50.4 Å². The lowest BCUT2D eigenvalue weighted by Gasteiger charge is -2.53. The molecule has 0 amide bonds. The summed E-state index contributed by atoms with van der Waals surface area (Å²) in [6.45, 7) is 2.28. The molecule has 7 unspecified atom stereocenters. The van der Waals surface area contributed by atoms with Gasteiger partial charge in [-0.3, -0.25) is 0 Å². The van der Waals surface area contributed by atoms with Crippen LogP contribution in [0.3, 0.4) is 0 Å². The summed E-state index contributed by atoms with van der Waals surface area (Å²) in [5.41, 5.74) is 2.61. The van der Waals surface area contributed by atoms with E-state index in [2.05, 4.69) is 13.0 Å². The van der Waals surface area contributed by atoms with Gasteiger partial charge in [-0.1, -0.05) is 68.4 Å². The number of unbranched alkanes of at least 4 members (excludes halogenated alkanes) is 6. The molecule has 2 fully saturated rings. The molecule has 3 aliphatic carbocycles. The number of fused-ring (bicyclic) bond motifs is 5. The molecule has 2 saturated carbocycles. The van der Waals surface area contributed by atoms with Gasteiger partial charge in [0.15, 0.2) is 0 Å². The van der Waals surface area contributed by atoms with Gasteiger partial charge in [0.1, 0.15) is 28.6 Å². The van der Waals surface area contributed by atoms with E-state index in [0.29, 0.717) is 41.6 Å². The van der Waals surface area contributed by atoms with E-state index in [0.717, 1.165) is 77.0 Å². The molecule has 2 aromatic carbocycles. The normalized spacial score (nSPS) is 26.9. The number of phenolic OH excluding ortho intramolecular Hbond substituents is 1. The fourth-order valence-corrected chi connectivity index (χ4v) is 10.3. The lowest BCUT2D eigenvalue weighted by Crippen LogP contribution is -2.47. The molecule has 2 N–H and O–H groups in total. The Morgan fingerprint density at radius 2 is 1.62 bits per heavy atom. The first-order valence-electron chi connectivity index (χ1n) is 18.3. The summed E-state index contributed by atoms with van der Waals surface area (Å²) in [6.07, 6.45) is 5.10. The quantitative estimate of drug-likeness (QED) is 0.0591. The van der Waals surface area contributed by atoms with Crippen LogP contribution in [-0.2, 0) is 17.6 Å². The summed E-state index contributed by atoms with van der Waals surface area (Å²) in [5, 5.41) is 21.1. The molecular weight excluding hydrogens is 675 g/mol. The van der Waals surface area contributed by atoms with Gasteiger partial charge >= 0.3 is 18.1 Å². The van der Waals surface area contributed by atoms with E-state index in [1.807, 2.05) is 12.1 Å². The maximum Gasteiger partial charge on any atom is 0.453 e. The van der Waals surface area contributed by atoms with Crippen molar-refractivity contribution in [2.75, 3.05) is 11.5 Å². The van der Waals surface area contributed by atoms with Gasteiger partial charge in [0.05, 0.1) is 6.10 Å². The summed E-state index contributed by atoms with van der Waals surface area (Å²) in [7, 11) is 0. The minimum atomic E-state index is -5.56. The Bertz CT molecular complexity index is 1440. The Labute approximate surface area is 295 Å². The number of para-hydroxylation sites is 1. The minimum Gasteiger partial charge on any atom is -0.616 e. The molecule has 5 nitrogen and oxygen atoms in total. The van der Waals surface area contributed by atoms with Crippen LogP contribution < -0.4 is 4.74 Å². The molecule has 0 heterocycles. The van der Waals surface area contributed by atoms with Gasteiger partial charge in [0.25, 0.3) is 0 Å². The molecule has 0 aliphatic heterocycles. The molecule has 0 saturated heterocycles. The zero-order valence-corrected chi connectivity index (χ0v) is 29.7. The first-order chi connectivity index (χ1) is 23.7. The summed E-state index contributed by atoms with van der Waals surface area (Å²) in [4.78, 5) is 12.8. The van der Waals surface area contributed by atoms with Crippen molar-refractivity contribution in [3.05, 3.63) is 59.2 Å². The second-order valence-electron chi connectivity index (χ2n) is 15.1. The van der Waals surface area contributed by atoms with Crippen LogP contribution in [0, 0.1) is 23.2 Å². The lowest BCUT2D eigenvalue weighted by molar-refractivity contribution is -0.284. The minimum absolute atomic E-state index is 0.0537. The molecule has 0 aromatic heterocycles. The molecule has 0 spiro atoms. The van der Waals surface area contributed by atoms with Crippen LogP contribution in [0.1, 0.15) is 124 Å². The number of hydrogen-bond acceptors (Lipinski definition) is 5. The summed E-state index contributed by atoms with van der Waals surface area (Å²) < 4.78 is 80.7. The highest BCUT2D eigenvalue weighted by Crippen LogP contribution is 2.62. The Hall–Kier alpha value is -2.37. The predicted octanol–water partition coefficient (Wildman–Crippen LogP) is 9.90. The Balaban J connectivity index is 1.10. The molecule has 5 rings (SSSR count). The number of benzene rings is 2. The SMILES string of the molecule is CC12CCC3c4ccc(OC(=O)c5ccccc5O)cc4CC(CCCCCCCCC[S+]([O-])CCCC(F)(F)C(F)(F)F)C3C1CCC2O. The smallest absolute Gasteiger partial charge is 0.453 e. The lowest BCUT2D eigenvalue weighted by atomic mass is 9.52. The highest BCUT2D eigenvalue weighted by Gasteiger charge is 2.57. The van der Waals surface area contributed by atoms with Crippen LogP contribution in [0.2, 0.25) is 0 Å². The highest BCUT2D eigenvalue weighted by atomic mass is 32.2. The number of hydrogen-bond donors (Lipinski definition) is 2. The highest BCUT2D eigenvalue weighted by molar-refractivity contribution is 7.91. The first kappa shape index (κ1) is 38.9. The molecule has 2 aromatic rings. The van der Waals surface area contributed by atoms with Crippen molar-refractivity contribution < 1.29 is 46.2 Å². The monoisotopic (exact) mass is 726 g/mol. The largest absolute Gasteiger partial charge is 0.616 e. The maximum atomic E-state index is 13.0. The standard InChI is InChI=1S/C39H51F5O5S/c1-37-21-19-30-29-16-15-28(49-36(47)31-13-8-9-14-33(31)45)25-27(29)24-26(35(30)32(37)17-18-34(37)46)12-7-5-3-2-4-6-10-22-50(48)23-11-20-38(40,41)39(42,43)44/h8-9,13-16,25-26,30,32,34-35,45-46H,2-7,10-12,17-24H2,1H3. The van der Waals surface area contributed by atoms with E-state index in [-0.39, 0.29) is 28.6 Å². The van der Waals surface area contributed by atoms with E-state index >= 15 is 0 Å². The van der Waals surface area contributed by atoms with Crippen molar-refractivity contribution in [3.63, 3.8) is 0 Å². The number of ether oxygens (including phenoxy) is 1. The van der Waals surface area contributed by atoms with Crippen molar-refractivity contribution in [1.82, 2.24) is 0 Å². The second-order valence-corrected chi connectivity index (χ2v) is 16.8. The third kappa shape index (κ3) is 8.98. The topological polar surface area (TPSA) is 89.8 Å². The van der Waals surface area contributed by atoms with Crippen LogP contribution in [0.5, 0.6) is 11.5 Å². The fraction of sp³-hybridized carbons (Fsp3) is 0.667. The van der Waals surface area contributed by atoms with Gasteiger partial charge in [-0.2, -0.15) is 22.0 Å². The second kappa shape index (κ2) is 16.5. The number of aromatic hydroxyl groups is 1. The number of rotatable bonds is 16. The molecule has 0 radical (unpaired) electrons. The Morgan fingerprint density at radius 3 is 2.34 bits per heavy atom. The zero-order chi connectivity index (χ0) is 36.1. The molecular formula is C39H51F5O5S. The number of carbonyl (C=O) groups is 1. The summed E-state index contributed by atoms with van der Waals surface area (Å²) >= 11 is -1.39. The van der Waals surface area contributed by atoms with Crippen molar-refractivity contribution in [1.29, 1.82) is 0 Å². The molecule has 278 valence electrons. The number of carbonyl (C=O) groups excluding carboxylic acids is 1. The van der Waals surface area contributed by atoms with Gasteiger partial charge < -0.3 is 19.5 Å². The molecule has 7 atom stereocenters. The van der Waals surface area contributed by atoms with Crippen LogP contribution >= 0.6 is 0 Å². The molecule has 0 bridgehead atoms. The van der Waals surface area contributed by atoms with E-state index in [4.69, 9.17) is 4.74 Å². The summed E-state index contributed by atoms with van der Waals surface area (Å²) in [6, 6.07) is 12.3. The average Bonchev–Trinajstić information content (AvgIpc) is 3.36. The van der Waals surface area contributed by atoms with Gasteiger partial charge in [-0.25, -0.2) is 4.79 Å². The van der Waals surface area contributed by atoms with Gasteiger partial charge in [0.2, 0.25) is 0 Å². The van der Waals surface area contributed by atoms with E-state index in [1.54, 1.807) is 12.1 Å². The van der Waals surface area contributed by atoms with Crippen LogP contribution in [0.4, 0.5) is 22.0 Å². The predicted molar refractivity (Wildman–Crippen MR) is 184 cm³/mol. The van der Waals surface area contributed by atoms with Crippen molar-refractivity contribution in [2.24, 2.45) is 23.2 Å². The summed E-state index contributed by atoms with van der Waals surface area (Å²) in [5.74, 6) is -2.96. The van der Waals surface area contributed by atoms with E-state index < -0.39 is 42.1 Å². The van der Waals surface area contributed by atoms with E-state index in [1.165, 1.54) is 23.3 Å². The zero-order valence-electron chi connectivity index (χ0n) is 28.9. The number of alkyl halides is 5. The van der Waals surface area contributed by atoms with Crippen molar-refractivity contribution >= 4 is 17.1 Å². The average molecular weight is 727 g/mol. The number of aliphatic hydroxyl groups is 1. The van der Waals surface area contributed by atoms with Gasteiger partial charge in [-0.15, -0.1) is 0 Å². The number of esters is 1. The van der Waals surface area contributed by atoms with Gasteiger partial charge in [0, 0.05) is 6.42 Å². The third-order valence-corrected chi connectivity index (χ3v) is 13.4. The molecule has 50 heavy (non-hydrogen) atoms. The third-order valence-electron chi connectivity index (χ3n) is 11.9.